The lowest BCUT2D eigenvalue weighted by atomic mass is 10.3. The maximum atomic E-state index is 12.1. The molecule has 0 atom stereocenters. The fourth-order valence-corrected chi connectivity index (χ4v) is 3.18. The monoisotopic (exact) mass is 320 g/mol. The number of carbonyl (C=O) groups excluding carboxylic acids is 1. The van der Waals surface area contributed by atoms with Gasteiger partial charge in [-0.05, 0) is 30.3 Å². The molecule has 0 radical (unpaired) electrons. The fourth-order valence-electron chi connectivity index (χ4n) is 2.31. The Labute approximate surface area is 135 Å². The number of carbonyl (C=O) groups is 1. The molecule has 1 N–H and O–H groups in total. The Balaban J connectivity index is 1.53. The Bertz CT molecular complexity index is 998. The lowest BCUT2D eigenvalue weighted by Crippen LogP contribution is -2.19. The summed E-state index contributed by atoms with van der Waals surface area (Å²) in [5.41, 5.74) is 5.41. The number of fused-ring (bicyclic) bond motifs is 2. The first-order valence-electron chi connectivity index (χ1n) is 7.06. The summed E-state index contributed by atoms with van der Waals surface area (Å²) in [6.07, 6.45) is 4.79. The van der Waals surface area contributed by atoms with Crippen molar-refractivity contribution < 1.29 is 4.79 Å². The van der Waals surface area contributed by atoms with Gasteiger partial charge in [-0.1, -0.05) is 24.3 Å². The fraction of sp³-hybridized carbons (Fsp3) is 0. The van der Waals surface area contributed by atoms with Gasteiger partial charge < -0.3 is 0 Å². The van der Waals surface area contributed by atoms with Crippen molar-refractivity contribution >= 4 is 44.6 Å². The summed E-state index contributed by atoms with van der Waals surface area (Å²) < 4.78 is 2.72. The minimum absolute atomic E-state index is 0.229. The first kappa shape index (κ1) is 13.7. The smallest absolute Gasteiger partial charge is 0.262 e. The lowest BCUT2D eigenvalue weighted by molar-refractivity contribution is -0.112. The molecule has 0 saturated heterocycles. The van der Waals surface area contributed by atoms with Crippen molar-refractivity contribution in [1.29, 1.82) is 0 Å². The van der Waals surface area contributed by atoms with Crippen LogP contribution in [0, 0.1) is 0 Å². The molecule has 4 rings (SSSR count). The van der Waals surface area contributed by atoms with Crippen LogP contribution in [0.3, 0.4) is 0 Å². The largest absolute Gasteiger partial charge is 0.268 e. The second-order valence-electron chi connectivity index (χ2n) is 4.93. The number of thiazole rings is 1. The third-order valence-corrected chi connectivity index (χ3v) is 4.37. The number of hydrogen-bond acceptors (Lipinski definition) is 4. The summed E-state index contributed by atoms with van der Waals surface area (Å²) in [5, 5.41) is 0.803. The second kappa shape index (κ2) is 5.66. The molecule has 23 heavy (non-hydrogen) atoms. The molecule has 1 amide bonds. The molecule has 0 bridgehead atoms. The summed E-state index contributed by atoms with van der Waals surface area (Å²) in [7, 11) is 0. The summed E-state index contributed by atoms with van der Waals surface area (Å²) in [4.78, 5) is 20.8. The minimum atomic E-state index is -0.229. The molecule has 112 valence electrons. The number of benzene rings is 2. The van der Waals surface area contributed by atoms with Crippen LogP contribution < -0.4 is 5.43 Å². The first-order valence-corrected chi connectivity index (χ1v) is 7.88. The summed E-state index contributed by atoms with van der Waals surface area (Å²) in [5.74, 6) is -0.229. The molecule has 0 aliphatic carbocycles. The number of nitrogens with one attached hydrogen (secondary N) is 1. The number of amides is 1. The first-order chi connectivity index (χ1) is 11.3. The molecule has 0 saturated carbocycles. The van der Waals surface area contributed by atoms with Gasteiger partial charge in [0, 0.05) is 6.08 Å². The van der Waals surface area contributed by atoms with Crippen molar-refractivity contribution in [3.8, 4) is 0 Å². The number of hydrogen-bond donors (Lipinski definition) is 1. The summed E-state index contributed by atoms with van der Waals surface area (Å²) in [6, 6.07) is 15.5. The molecule has 5 nitrogen and oxygen atoms in total. The highest BCUT2D eigenvalue weighted by atomic mass is 32.1. The Morgan fingerprint density at radius 3 is 2.74 bits per heavy atom. The van der Waals surface area contributed by atoms with E-state index >= 15 is 0 Å². The van der Waals surface area contributed by atoms with Gasteiger partial charge in [0.05, 0.1) is 21.3 Å². The second-order valence-corrected chi connectivity index (χ2v) is 5.99. The molecule has 2 aromatic heterocycles. The highest BCUT2D eigenvalue weighted by Crippen LogP contribution is 2.22. The molecule has 2 aromatic carbocycles. The zero-order chi connectivity index (χ0) is 15.6. The van der Waals surface area contributed by atoms with E-state index in [1.165, 1.54) is 6.08 Å². The third kappa shape index (κ3) is 2.72. The Hall–Kier alpha value is -2.99. The third-order valence-electron chi connectivity index (χ3n) is 3.37. The van der Waals surface area contributed by atoms with Crippen molar-refractivity contribution in [2.75, 3.05) is 5.43 Å². The van der Waals surface area contributed by atoms with Crippen LogP contribution in [0.2, 0.25) is 0 Å². The molecule has 0 fully saturated rings. The quantitative estimate of drug-likeness (QED) is 0.588. The molecule has 0 spiro atoms. The van der Waals surface area contributed by atoms with Crippen LogP contribution in [0.15, 0.2) is 60.9 Å². The number of aromatic nitrogens is 3. The SMILES string of the molecule is O=C(/C=C/c1nc2ccccc2s1)Nn1cnc2ccccc21. The average Bonchev–Trinajstić information content (AvgIpc) is 3.17. The highest BCUT2D eigenvalue weighted by molar-refractivity contribution is 7.19. The van der Waals surface area contributed by atoms with Crippen molar-refractivity contribution in [3.05, 3.63) is 65.9 Å². The number of imidazole rings is 1. The standard InChI is InChI=1S/C17H12N4OS/c22-16(20-21-11-18-12-5-1-3-7-14(12)21)9-10-17-19-13-6-2-4-8-15(13)23-17/h1-11H,(H,20,22)/b10-9+. The molecule has 0 aliphatic heterocycles. The topological polar surface area (TPSA) is 59.8 Å². The maximum Gasteiger partial charge on any atom is 0.262 e. The highest BCUT2D eigenvalue weighted by Gasteiger charge is 2.04. The van der Waals surface area contributed by atoms with Crippen LogP contribution in [0.1, 0.15) is 5.01 Å². The van der Waals surface area contributed by atoms with E-state index in [-0.39, 0.29) is 5.91 Å². The molecule has 4 aromatic rings. The van der Waals surface area contributed by atoms with Crippen LogP contribution in [0.25, 0.3) is 27.3 Å². The summed E-state index contributed by atoms with van der Waals surface area (Å²) in [6.45, 7) is 0. The average molecular weight is 320 g/mol. The van der Waals surface area contributed by atoms with Crippen molar-refractivity contribution in [2.45, 2.75) is 0 Å². The van der Waals surface area contributed by atoms with Crippen molar-refractivity contribution in [2.24, 2.45) is 0 Å². The van der Waals surface area contributed by atoms with Gasteiger partial charge in [0.15, 0.2) is 0 Å². The summed E-state index contributed by atoms with van der Waals surface area (Å²) >= 11 is 1.55. The normalized spacial score (nSPS) is 11.5. The van der Waals surface area contributed by atoms with E-state index in [0.29, 0.717) is 0 Å². The van der Waals surface area contributed by atoms with E-state index in [9.17, 15) is 4.79 Å². The van der Waals surface area contributed by atoms with Crippen molar-refractivity contribution in [3.63, 3.8) is 0 Å². The van der Waals surface area contributed by atoms with Crippen LogP contribution in [-0.4, -0.2) is 20.6 Å². The Morgan fingerprint density at radius 2 is 1.87 bits per heavy atom. The number of nitrogens with zero attached hydrogens (tertiary/aromatic N) is 3. The van der Waals surface area contributed by atoms with Crippen LogP contribution in [0.5, 0.6) is 0 Å². The van der Waals surface area contributed by atoms with Gasteiger partial charge in [0.25, 0.3) is 5.91 Å². The zero-order valence-electron chi connectivity index (χ0n) is 12.0. The predicted octanol–water partition coefficient (Wildman–Crippen LogP) is 3.43. The van der Waals surface area contributed by atoms with E-state index in [2.05, 4.69) is 15.4 Å². The Morgan fingerprint density at radius 1 is 1.09 bits per heavy atom. The predicted molar refractivity (Wildman–Crippen MR) is 92.8 cm³/mol. The lowest BCUT2D eigenvalue weighted by Gasteiger charge is -2.03. The number of rotatable bonds is 3. The molecular formula is C17H12N4OS. The van der Waals surface area contributed by atoms with E-state index in [4.69, 9.17) is 0 Å². The van der Waals surface area contributed by atoms with Gasteiger partial charge in [0.1, 0.15) is 11.3 Å². The van der Waals surface area contributed by atoms with Crippen LogP contribution in [-0.2, 0) is 4.79 Å². The molecule has 0 unspecified atom stereocenters. The van der Waals surface area contributed by atoms with E-state index in [1.54, 1.807) is 28.4 Å². The van der Waals surface area contributed by atoms with Crippen molar-refractivity contribution in [1.82, 2.24) is 14.6 Å². The van der Waals surface area contributed by atoms with E-state index in [1.807, 2.05) is 48.5 Å². The molecule has 6 heteroatoms. The van der Waals surface area contributed by atoms with E-state index < -0.39 is 0 Å². The molecule has 0 aliphatic rings. The molecular weight excluding hydrogens is 308 g/mol. The zero-order valence-corrected chi connectivity index (χ0v) is 12.8. The van der Waals surface area contributed by atoms with Gasteiger partial charge in [-0.25, -0.2) is 14.6 Å². The molecule has 2 heterocycles. The van der Waals surface area contributed by atoms with Gasteiger partial charge in [-0.15, -0.1) is 11.3 Å². The van der Waals surface area contributed by atoms with Crippen LogP contribution in [0.4, 0.5) is 0 Å². The Kier molecular flexibility index (Phi) is 3.36. The maximum absolute atomic E-state index is 12.1. The van der Waals surface area contributed by atoms with Gasteiger partial charge >= 0.3 is 0 Å². The van der Waals surface area contributed by atoms with E-state index in [0.717, 1.165) is 26.3 Å². The van der Waals surface area contributed by atoms with Gasteiger partial charge in [-0.3, -0.25) is 10.2 Å². The van der Waals surface area contributed by atoms with Crippen LogP contribution >= 0.6 is 11.3 Å². The number of para-hydroxylation sites is 3. The minimum Gasteiger partial charge on any atom is -0.268 e. The van der Waals surface area contributed by atoms with Gasteiger partial charge in [-0.2, -0.15) is 0 Å². The van der Waals surface area contributed by atoms with Gasteiger partial charge in [0.2, 0.25) is 0 Å².